The minimum Gasteiger partial charge on any atom is -0.465 e. The van der Waals surface area contributed by atoms with Crippen molar-refractivity contribution >= 4 is 40.1 Å². The lowest BCUT2D eigenvalue weighted by Gasteiger charge is -2.43. The van der Waals surface area contributed by atoms with E-state index >= 15 is 0 Å². The standard InChI is InChI=1S/C16H24N4O3S2/c1-2-23-12(21)8-24-16-20-19-15(25-16)18-14(22)11-6-9-4-3-5-10(7-11)13(9)17/h9-11,13H,2-8,17H2,1H3,(H,18,19,22). The summed E-state index contributed by atoms with van der Waals surface area (Å²) in [4.78, 5) is 23.9. The molecule has 2 aliphatic carbocycles. The van der Waals surface area contributed by atoms with Crippen molar-refractivity contribution in [1.29, 1.82) is 0 Å². The molecule has 138 valence electrons. The number of esters is 1. The minimum absolute atomic E-state index is 0.00892. The Balaban J connectivity index is 1.51. The summed E-state index contributed by atoms with van der Waals surface area (Å²) >= 11 is 2.55. The van der Waals surface area contributed by atoms with Crippen LogP contribution in [0.25, 0.3) is 0 Å². The molecule has 2 aliphatic rings. The van der Waals surface area contributed by atoms with Crippen LogP contribution in [0, 0.1) is 17.8 Å². The molecule has 2 saturated carbocycles. The number of nitrogens with two attached hydrogens (primary N) is 1. The molecule has 0 saturated heterocycles. The SMILES string of the molecule is CCOC(=O)CSc1nnc(NC(=O)C2CC3CCCC(C2)C3N)s1. The number of nitrogens with one attached hydrogen (secondary N) is 1. The van der Waals surface area contributed by atoms with E-state index in [0.29, 0.717) is 27.9 Å². The van der Waals surface area contributed by atoms with Gasteiger partial charge in [-0.15, -0.1) is 10.2 Å². The first-order valence-corrected chi connectivity index (χ1v) is 10.6. The van der Waals surface area contributed by atoms with Crippen molar-refractivity contribution in [1.82, 2.24) is 10.2 Å². The van der Waals surface area contributed by atoms with Gasteiger partial charge in [0.15, 0.2) is 4.34 Å². The summed E-state index contributed by atoms with van der Waals surface area (Å²) in [5.41, 5.74) is 6.29. The van der Waals surface area contributed by atoms with Crippen LogP contribution in [0.2, 0.25) is 0 Å². The molecule has 0 spiro atoms. The average Bonchev–Trinajstić information content (AvgIpc) is 3.00. The maximum atomic E-state index is 12.6. The molecule has 1 aromatic rings. The number of aromatic nitrogens is 2. The Morgan fingerprint density at radius 2 is 2.04 bits per heavy atom. The molecule has 3 N–H and O–H groups in total. The lowest BCUT2D eigenvalue weighted by Crippen LogP contribution is -2.48. The number of ether oxygens (including phenoxy) is 1. The number of carbonyl (C=O) groups is 2. The van der Waals surface area contributed by atoms with Gasteiger partial charge in [-0.2, -0.15) is 0 Å². The number of thioether (sulfide) groups is 1. The van der Waals surface area contributed by atoms with Crippen molar-refractivity contribution in [2.24, 2.45) is 23.5 Å². The number of anilines is 1. The van der Waals surface area contributed by atoms with Crippen LogP contribution in [-0.4, -0.2) is 40.5 Å². The van der Waals surface area contributed by atoms with Crippen LogP contribution in [0.4, 0.5) is 5.13 Å². The lowest BCUT2D eigenvalue weighted by molar-refractivity contribution is -0.139. The Morgan fingerprint density at radius 3 is 2.72 bits per heavy atom. The zero-order valence-electron chi connectivity index (χ0n) is 14.3. The summed E-state index contributed by atoms with van der Waals surface area (Å²) in [7, 11) is 0. The van der Waals surface area contributed by atoms with E-state index in [2.05, 4.69) is 15.5 Å². The molecule has 9 heteroatoms. The number of nitrogens with zero attached hydrogens (tertiary/aromatic N) is 2. The molecular formula is C16H24N4O3S2. The summed E-state index contributed by atoms with van der Waals surface area (Å²) in [5, 5.41) is 11.4. The third kappa shape index (κ3) is 4.71. The van der Waals surface area contributed by atoms with Crippen LogP contribution in [0.5, 0.6) is 0 Å². The quantitative estimate of drug-likeness (QED) is 0.440. The molecule has 1 heterocycles. The Labute approximate surface area is 155 Å². The van der Waals surface area contributed by atoms with Gasteiger partial charge in [-0.1, -0.05) is 29.5 Å². The minimum atomic E-state index is -0.279. The predicted molar refractivity (Wildman–Crippen MR) is 97.4 cm³/mol. The third-order valence-corrected chi connectivity index (χ3v) is 6.98. The maximum absolute atomic E-state index is 12.6. The van der Waals surface area contributed by atoms with Gasteiger partial charge in [0.1, 0.15) is 0 Å². The molecule has 0 aromatic carbocycles. The number of fused-ring (bicyclic) bond motifs is 2. The van der Waals surface area contributed by atoms with Gasteiger partial charge in [0, 0.05) is 12.0 Å². The molecule has 2 unspecified atom stereocenters. The smallest absolute Gasteiger partial charge is 0.316 e. The van der Waals surface area contributed by atoms with Gasteiger partial charge in [-0.3, -0.25) is 9.59 Å². The van der Waals surface area contributed by atoms with E-state index in [1.807, 2.05) is 0 Å². The Bertz CT molecular complexity index is 610. The normalized spacial score (nSPS) is 28.4. The summed E-state index contributed by atoms with van der Waals surface area (Å²) in [6.07, 6.45) is 5.23. The maximum Gasteiger partial charge on any atom is 0.316 e. The highest BCUT2D eigenvalue weighted by molar-refractivity contribution is 8.01. The van der Waals surface area contributed by atoms with Gasteiger partial charge < -0.3 is 15.8 Å². The van der Waals surface area contributed by atoms with Crippen molar-refractivity contribution in [3.8, 4) is 0 Å². The highest BCUT2D eigenvalue weighted by Crippen LogP contribution is 2.42. The highest BCUT2D eigenvalue weighted by Gasteiger charge is 2.40. The first kappa shape index (κ1) is 18.6. The summed E-state index contributed by atoms with van der Waals surface area (Å²) in [5.74, 6) is 0.872. The van der Waals surface area contributed by atoms with Crippen LogP contribution in [-0.2, 0) is 14.3 Å². The summed E-state index contributed by atoms with van der Waals surface area (Å²) in [6.45, 7) is 2.14. The molecular weight excluding hydrogens is 360 g/mol. The van der Waals surface area contributed by atoms with Gasteiger partial charge in [0.2, 0.25) is 11.0 Å². The fourth-order valence-corrected chi connectivity index (χ4v) is 5.41. The molecule has 3 rings (SSSR count). The summed E-state index contributed by atoms with van der Waals surface area (Å²) < 4.78 is 5.52. The van der Waals surface area contributed by atoms with E-state index in [0.717, 1.165) is 25.7 Å². The molecule has 1 amide bonds. The number of hydrogen-bond donors (Lipinski definition) is 2. The van der Waals surface area contributed by atoms with Crippen molar-refractivity contribution in [2.75, 3.05) is 17.7 Å². The molecule has 7 nitrogen and oxygen atoms in total. The molecule has 0 aliphatic heterocycles. The molecule has 2 fully saturated rings. The highest BCUT2D eigenvalue weighted by atomic mass is 32.2. The van der Waals surface area contributed by atoms with Crippen LogP contribution in [0.1, 0.15) is 39.0 Å². The summed E-state index contributed by atoms with van der Waals surface area (Å²) in [6, 6.07) is 0.255. The van der Waals surface area contributed by atoms with Crippen LogP contribution >= 0.6 is 23.1 Å². The van der Waals surface area contributed by atoms with Gasteiger partial charge in [-0.05, 0) is 44.4 Å². The topological polar surface area (TPSA) is 107 Å². The monoisotopic (exact) mass is 384 g/mol. The molecule has 0 radical (unpaired) electrons. The predicted octanol–water partition coefficient (Wildman–Crippen LogP) is 2.29. The lowest BCUT2D eigenvalue weighted by atomic mass is 9.65. The molecule has 1 aromatic heterocycles. The van der Waals surface area contributed by atoms with Crippen LogP contribution in [0.15, 0.2) is 4.34 Å². The second kappa shape index (κ2) is 8.46. The van der Waals surface area contributed by atoms with Gasteiger partial charge in [0.05, 0.1) is 12.4 Å². The van der Waals surface area contributed by atoms with Crippen LogP contribution < -0.4 is 11.1 Å². The number of rotatable bonds is 6. The van der Waals surface area contributed by atoms with E-state index in [1.165, 1.54) is 29.5 Å². The zero-order chi connectivity index (χ0) is 17.8. The Morgan fingerprint density at radius 1 is 1.32 bits per heavy atom. The fourth-order valence-electron chi connectivity index (χ4n) is 3.85. The van der Waals surface area contributed by atoms with Gasteiger partial charge >= 0.3 is 5.97 Å². The molecule has 25 heavy (non-hydrogen) atoms. The average molecular weight is 385 g/mol. The number of hydrogen-bond acceptors (Lipinski definition) is 8. The Kier molecular flexibility index (Phi) is 6.29. The fraction of sp³-hybridized carbons (Fsp3) is 0.750. The van der Waals surface area contributed by atoms with Crippen molar-refractivity contribution in [3.63, 3.8) is 0 Å². The molecule has 2 atom stereocenters. The number of amides is 1. The van der Waals surface area contributed by atoms with Crippen molar-refractivity contribution in [2.45, 2.75) is 49.4 Å². The zero-order valence-corrected chi connectivity index (χ0v) is 15.9. The largest absolute Gasteiger partial charge is 0.465 e. The van der Waals surface area contributed by atoms with E-state index in [4.69, 9.17) is 10.5 Å². The number of carbonyl (C=O) groups excluding carboxylic acids is 2. The second-order valence-corrected chi connectivity index (χ2v) is 8.85. The van der Waals surface area contributed by atoms with E-state index in [1.54, 1.807) is 6.92 Å². The van der Waals surface area contributed by atoms with E-state index in [-0.39, 0.29) is 29.6 Å². The van der Waals surface area contributed by atoms with Gasteiger partial charge in [0.25, 0.3) is 0 Å². The van der Waals surface area contributed by atoms with E-state index < -0.39 is 0 Å². The van der Waals surface area contributed by atoms with E-state index in [9.17, 15) is 9.59 Å². The first-order valence-electron chi connectivity index (χ1n) is 8.75. The van der Waals surface area contributed by atoms with Crippen molar-refractivity contribution in [3.05, 3.63) is 0 Å². The van der Waals surface area contributed by atoms with Crippen LogP contribution in [0.3, 0.4) is 0 Å². The Hall–Kier alpha value is -1.19. The second-order valence-electron chi connectivity index (χ2n) is 6.65. The molecule has 2 bridgehead atoms. The van der Waals surface area contributed by atoms with Crippen molar-refractivity contribution < 1.29 is 14.3 Å². The first-order chi connectivity index (χ1) is 12.1. The third-order valence-electron chi connectivity index (χ3n) is 5.04. The van der Waals surface area contributed by atoms with Gasteiger partial charge in [-0.25, -0.2) is 0 Å².